The number of hydrogen-bond acceptors (Lipinski definition) is 4. The lowest BCUT2D eigenvalue weighted by Crippen LogP contribution is -2.25. The minimum Gasteiger partial charge on any atom is -0.422 e. The lowest BCUT2D eigenvalue weighted by Gasteiger charge is -2.25. The van der Waals surface area contributed by atoms with Crippen LogP contribution in [-0.2, 0) is 0 Å². The van der Waals surface area contributed by atoms with Crippen molar-refractivity contribution in [1.29, 1.82) is 0 Å². The molecule has 0 spiro atoms. The van der Waals surface area contributed by atoms with E-state index in [1.54, 1.807) is 12.4 Å². The first kappa shape index (κ1) is 26.0. The van der Waals surface area contributed by atoms with Crippen molar-refractivity contribution in [3.63, 3.8) is 0 Å². The van der Waals surface area contributed by atoms with Gasteiger partial charge in [0, 0.05) is 42.6 Å². The fourth-order valence-electron chi connectivity index (χ4n) is 4.57. The molecule has 3 rings (SSSR count). The Labute approximate surface area is 205 Å². The topological polar surface area (TPSA) is 46.3 Å². The molecule has 34 heavy (non-hydrogen) atoms. The number of rotatable bonds is 16. The molecule has 0 saturated heterocycles. The van der Waals surface area contributed by atoms with E-state index in [4.69, 9.17) is 4.42 Å². The predicted octanol–water partition coefficient (Wildman–Crippen LogP) is 8.38. The molecule has 0 atom stereocenters. The molecule has 0 unspecified atom stereocenters. The standard InChI is InChI=1S/C30H42N2O2/c1-3-5-7-9-11-13-21-32(22-14-12-10-8-6-4-2)27-16-15-26-23-28(25-17-19-31-20-18-25)30(33)34-29(26)24-27/h15-20,23-24H,3-14,21-22H2,1-2H3. The fourth-order valence-corrected chi connectivity index (χ4v) is 4.57. The Kier molecular flexibility index (Phi) is 11.2. The Morgan fingerprint density at radius 3 is 1.94 bits per heavy atom. The first-order valence-corrected chi connectivity index (χ1v) is 13.5. The number of pyridine rings is 1. The summed E-state index contributed by atoms with van der Waals surface area (Å²) in [7, 11) is 0. The molecule has 0 aliphatic heterocycles. The van der Waals surface area contributed by atoms with Gasteiger partial charge in [0.25, 0.3) is 0 Å². The molecule has 0 radical (unpaired) electrons. The summed E-state index contributed by atoms with van der Waals surface area (Å²) in [6.07, 6.45) is 19.0. The summed E-state index contributed by atoms with van der Waals surface area (Å²) in [5, 5.41) is 0.953. The molecule has 2 aromatic heterocycles. The van der Waals surface area contributed by atoms with Gasteiger partial charge in [0.1, 0.15) is 5.58 Å². The molecular weight excluding hydrogens is 420 g/mol. The SMILES string of the molecule is CCCCCCCCN(CCCCCCCC)c1ccc2cc(-c3ccncc3)c(=O)oc2c1. The first-order valence-electron chi connectivity index (χ1n) is 13.5. The van der Waals surface area contributed by atoms with Crippen LogP contribution in [0.25, 0.3) is 22.1 Å². The van der Waals surface area contributed by atoms with Gasteiger partial charge in [-0.2, -0.15) is 0 Å². The van der Waals surface area contributed by atoms with Gasteiger partial charge >= 0.3 is 5.63 Å². The molecule has 0 N–H and O–H groups in total. The van der Waals surface area contributed by atoms with Gasteiger partial charge in [0.15, 0.2) is 0 Å². The van der Waals surface area contributed by atoms with Crippen LogP contribution >= 0.6 is 0 Å². The minimum absolute atomic E-state index is 0.297. The fraction of sp³-hybridized carbons (Fsp3) is 0.533. The summed E-state index contributed by atoms with van der Waals surface area (Å²) >= 11 is 0. The van der Waals surface area contributed by atoms with Crippen LogP contribution in [0, 0.1) is 0 Å². The van der Waals surface area contributed by atoms with E-state index in [1.807, 2.05) is 18.2 Å². The number of unbranched alkanes of at least 4 members (excludes halogenated alkanes) is 10. The van der Waals surface area contributed by atoms with Gasteiger partial charge in [-0.15, -0.1) is 0 Å². The van der Waals surface area contributed by atoms with Crippen LogP contribution in [0.15, 0.2) is 58.0 Å². The van der Waals surface area contributed by atoms with Crippen molar-refractivity contribution in [2.45, 2.75) is 90.9 Å². The van der Waals surface area contributed by atoms with Gasteiger partial charge in [-0.05, 0) is 48.7 Å². The highest BCUT2D eigenvalue weighted by molar-refractivity contribution is 5.84. The van der Waals surface area contributed by atoms with E-state index in [2.05, 4.69) is 41.9 Å². The molecular formula is C30H42N2O2. The van der Waals surface area contributed by atoms with Crippen molar-refractivity contribution in [2.75, 3.05) is 18.0 Å². The second kappa shape index (κ2) is 14.6. The molecule has 184 valence electrons. The maximum Gasteiger partial charge on any atom is 0.344 e. The number of hydrogen-bond donors (Lipinski definition) is 0. The average Bonchev–Trinajstić information content (AvgIpc) is 2.86. The Balaban J connectivity index is 1.71. The van der Waals surface area contributed by atoms with Crippen LogP contribution in [-0.4, -0.2) is 18.1 Å². The maximum atomic E-state index is 12.7. The molecule has 0 aliphatic carbocycles. The summed E-state index contributed by atoms with van der Waals surface area (Å²) < 4.78 is 5.78. The van der Waals surface area contributed by atoms with Crippen LogP contribution in [0.3, 0.4) is 0 Å². The van der Waals surface area contributed by atoms with Gasteiger partial charge in [0.2, 0.25) is 0 Å². The second-order valence-electron chi connectivity index (χ2n) is 9.43. The molecule has 1 aromatic carbocycles. The number of benzene rings is 1. The molecule has 0 amide bonds. The van der Waals surface area contributed by atoms with E-state index in [1.165, 1.54) is 77.0 Å². The molecule has 0 aliphatic rings. The van der Waals surface area contributed by atoms with Crippen molar-refractivity contribution >= 4 is 16.7 Å². The minimum atomic E-state index is -0.297. The molecule has 0 saturated carbocycles. The Morgan fingerprint density at radius 1 is 0.735 bits per heavy atom. The molecule has 4 heteroatoms. The summed E-state index contributed by atoms with van der Waals surface area (Å²) in [6, 6.07) is 12.0. The van der Waals surface area contributed by atoms with Crippen molar-refractivity contribution < 1.29 is 4.42 Å². The van der Waals surface area contributed by atoms with E-state index < -0.39 is 0 Å². The Bertz CT molecular complexity index is 1010. The van der Waals surface area contributed by atoms with Crippen molar-refractivity contribution in [1.82, 2.24) is 4.98 Å². The zero-order valence-corrected chi connectivity index (χ0v) is 21.2. The lowest BCUT2D eigenvalue weighted by molar-refractivity contribution is 0.561. The smallest absolute Gasteiger partial charge is 0.344 e. The molecule has 2 heterocycles. The largest absolute Gasteiger partial charge is 0.422 e. The van der Waals surface area contributed by atoms with E-state index in [9.17, 15) is 4.79 Å². The molecule has 0 fully saturated rings. The molecule has 4 nitrogen and oxygen atoms in total. The van der Waals surface area contributed by atoms with Gasteiger partial charge < -0.3 is 9.32 Å². The van der Waals surface area contributed by atoms with Crippen LogP contribution in [0.5, 0.6) is 0 Å². The summed E-state index contributed by atoms with van der Waals surface area (Å²) in [5.41, 5.74) is 2.95. The van der Waals surface area contributed by atoms with Gasteiger partial charge in [0.05, 0.1) is 5.56 Å². The predicted molar refractivity (Wildman–Crippen MR) is 145 cm³/mol. The average molecular weight is 463 g/mol. The Hall–Kier alpha value is -2.62. The summed E-state index contributed by atoms with van der Waals surface area (Å²) in [4.78, 5) is 19.3. The van der Waals surface area contributed by atoms with E-state index in [-0.39, 0.29) is 5.63 Å². The zero-order chi connectivity index (χ0) is 24.0. The van der Waals surface area contributed by atoms with Crippen LogP contribution in [0.4, 0.5) is 5.69 Å². The Morgan fingerprint density at radius 2 is 1.32 bits per heavy atom. The van der Waals surface area contributed by atoms with Crippen LogP contribution in [0.1, 0.15) is 90.9 Å². The number of anilines is 1. The summed E-state index contributed by atoms with van der Waals surface area (Å²) in [5.74, 6) is 0. The third-order valence-corrected chi connectivity index (χ3v) is 6.64. The highest BCUT2D eigenvalue weighted by Crippen LogP contribution is 2.26. The molecule has 3 aromatic rings. The highest BCUT2D eigenvalue weighted by Gasteiger charge is 2.11. The normalized spacial score (nSPS) is 11.2. The van der Waals surface area contributed by atoms with Crippen molar-refractivity contribution in [3.05, 3.63) is 59.2 Å². The second-order valence-corrected chi connectivity index (χ2v) is 9.43. The van der Waals surface area contributed by atoms with E-state index in [0.717, 1.165) is 29.7 Å². The molecule has 0 bridgehead atoms. The summed E-state index contributed by atoms with van der Waals surface area (Å²) in [6.45, 7) is 6.65. The van der Waals surface area contributed by atoms with Gasteiger partial charge in [-0.25, -0.2) is 4.79 Å². The van der Waals surface area contributed by atoms with E-state index >= 15 is 0 Å². The highest BCUT2D eigenvalue weighted by atomic mass is 16.4. The third kappa shape index (κ3) is 8.00. The zero-order valence-electron chi connectivity index (χ0n) is 21.2. The number of nitrogens with zero attached hydrogens (tertiary/aromatic N) is 2. The first-order chi connectivity index (χ1) is 16.7. The lowest BCUT2D eigenvalue weighted by atomic mass is 10.1. The third-order valence-electron chi connectivity index (χ3n) is 6.64. The number of aromatic nitrogens is 1. The monoisotopic (exact) mass is 462 g/mol. The van der Waals surface area contributed by atoms with Crippen LogP contribution < -0.4 is 10.5 Å². The maximum absolute atomic E-state index is 12.7. The van der Waals surface area contributed by atoms with Gasteiger partial charge in [-0.1, -0.05) is 78.1 Å². The van der Waals surface area contributed by atoms with Crippen molar-refractivity contribution in [3.8, 4) is 11.1 Å². The quantitative estimate of drug-likeness (QED) is 0.158. The van der Waals surface area contributed by atoms with Crippen LogP contribution in [0.2, 0.25) is 0 Å². The van der Waals surface area contributed by atoms with Gasteiger partial charge in [-0.3, -0.25) is 4.98 Å². The number of fused-ring (bicyclic) bond motifs is 1. The van der Waals surface area contributed by atoms with E-state index in [0.29, 0.717) is 11.1 Å². The van der Waals surface area contributed by atoms with Crippen molar-refractivity contribution in [2.24, 2.45) is 0 Å².